The Kier molecular flexibility index (Phi) is 6.48. The number of halogens is 5. The van der Waals surface area contributed by atoms with Crippen LogP contribution in [0.4, 0.5) is 22.0 Å². The van der Waals surface area contributed by atoms with Crippen LogP contribution in [0.2, 0.25) is 0 Å². The molecule has 0 N–H and O–H groups in total. The molecule has 0 aliphatic heterocycles. The molecule has 3 aromatic rings. The normalized spacial score (nSPS) is 18.4. The van der Waals surface area contributed by atoms with Gasteiger partial charge in [-0.1, -0.05) is 17.9 Å². The van der Waals surface area contributed by atoms with Crippen LogP contribution in [0, 0.1) is 46.8 Å². The van der Waals surface area contributed by atoms with Gasteiger partial charge in [0, 0.05) is 24.7 Å². The van der Waals surface area contributed by atoms with Crippen LogP contribution >= 0.6 is 0 Å². The number of benzene rings is 3. The molecular formula is C26H21F5O. The maximum absolute atomic E-state index is 14.7. The van der Waals surface area contributed by atoms with Crippen molar-refractivity contribution in [1.82, 2.24) is 0 Å². The quantitative estimate of drug-likeness (QED) is 0.244. The third-order valence-electron chi connectivity index (χ3n) is 6.09. The Hall–Kier alpha value is -2.91. The van der Waals surface area contributed by atoms with Crippen molar-refractivity contribution >= 4 is 10.8 Å². The Balaban J connectivity index is 1.58. The average Bonchev–Trinajstić information content (AvgIpc) is 2.77. The first-order valence-corrected chi connectivity index (χ1v) is 10.4. The molecule has 1 nitrogen and oxygen atoms in total. The third-order valence-corrected chi connectivity index (χ3v) is 6.09. The van der Waals surface area contributed by atoms with Crippen LogP contribution in [0.25, 0.3) is 10.8 Å². The Morgan fingerprint density at radius 3 is 2.16 bits per heavy atom. The molecule has 0 heterocycles. The minimum Gasteiger partial charge on any atom is -0.384 e. The summed E-state index contributed by atoms with van der Waals surface area (Å²) in [5.74, 6) is 0.0425. The minimum atomic E-state index is -1.55. The standard InChI is InChI=1S/C26H21F5O/c1-32-14-16-2-6-17(7-3-16)18-11-22(27)21(23(28)12-18)9-5-15-4-8-20-19(10-15)13-24(29)26(31)25(20)30/h4,8,10-13,16-17H,2-3,6-7,14H2,1H3. The second-order valence-corrected chi connectivity index (χ2v) is 8.20. The van der Waals surface area contributed by atoms with Crippen molar-refractivity contribution in [2.45, 2.75) is 31.6 Å². The summed E-state index contributed by atoms with van der Waals surface area (Å²) in [6, 6.07) is 7.52. The highest BCUT2D eigenvalue weighted by atomic mass is 19.2. The molecule has 0 saturated heterocycles. The molecule has 0 aromatic heterocycles. The molecule has 0 spiro atoms. The van der Waals surface area contributed by atoms with Crippen LogP contribution in [-0.4, -0.2) is 13.7 Å². The molecule has 32 heavy (non-hydrogen) atoms. The summed E-state index contributed by atoms with van der Waals surface area (Å²) in [6.45, 7) is 0.701. The Bertz CT molecular complexity index is 1190. The van der Waals surface area contributed by atoms with Gasteiger partial charge in [0.05, 0.1) is 5.56 Å². The van der Waals surface area contributed by atoms with Crippen molar-refractivity contribution in [3.63, 3.8) is 0 Å². The van der Waals surface area contributed by atoms with E-state index in [1.165, 1.54) is 30.3 Å². The molecule has 3 aromatic carbocycles. The average molecular weight is 444 g/mol. The number of hydrogen-bond donors (Lipinski definition) is 0. The van der Waals surface area contributed by atoms with Gasteiger partial charge in [-0.2, -0.15) is 0 Å². The molecule has 0 amide bonds. The summed E-state index contributed by atoms with van der Waals surface area (Å²) in [5.41, 5.74) is 0.556. The van der Waals surface area contributed by atoms with Gasteiger partial charge in [-0.25, -0.2) is 22.0 Å². The highest BCUT2D eigenvalue weighted by molar-refractivity contribution is 5.84. The van der Waals surface area contributed by atoms with E-state index in [4.69, 9.17) is 4.74 Å². The summed E-state index contributed by atoms with van der Waals surface area (Å²) in [5, 5.41) is 0.00458. The number of rotatable bonds is 3. The number of fused-ring (bicyclic) bond motifs is 1. The first-order chi connectivity index (χ1) is 15.4. The topological polar surface area (TPSA) is 9.23 Å². The molecule has 6 heteroatoms. The van der Waals surface area contributed by atoms with E-state index in [0.717, 1.165) is 31.7 Å². The molecule has 166 valence electrons. The lowest BCUT2D eigenvalue weighted by molar-refractivity contribution is 0.127. The molecular weight excluding hydrogens is 423 g/mol. The second kappa shape index (κ2) is 9.30. The lowest BCUT2D eigenvalue weighted by Crippen LogP contribution is -2.17. The predicted molar refractivity (Wildman–Crippen MR) is 113 cm³/mol. The second-order valence-electron chi connectivity index (χ2n) is 8.20. The van der Waals surface area contributed by atoms with Crippen molar-refractivity contribution in [2.75, 3.05) is 13.7 Å². The van der Waals surface area contributed by atoms with Crippen molar-refractivity contribution in [3.8, 4) is 11.8 Å². The van der Waals surface area contributed by atoms with E-state index in [2.05, 4.69) is 11.8 Å². The highest BCUT2D eigenvalue weighted by Crippen LogP contribution is 2.36. The highest BCUT2D eigenvalue weighted by Gasteiger charge is 2.24. The van der Waals surface area contributed by atoms with Crippen LogP contribution in [0.15, 0.2) is 36.4 Å². The largest absolute Gasteiger partial charge is 0.384 e. The van der Waals surface area contributed by atoms with E-state index < -0.39 is 29.1 Å². The number of methoxy groups -OCH3 is 1. The smallest absolute Gasteiger partial charge is 0.195 e. The van der Waals surface area contributed by atoms with Gasteiger partial charge in [-0.15, -0.1) is 0 Å². The van der Waals surface area contributed by atoms with Crippen molar-refractivity contribution < 1.29 is 26.7 Å². The maximum Gasteiger partial charge on any atom is 0.195 e. The molecule has 0 unspecified atom stereocenters. The molecule has 4 rings (SSSR count). The van der Waals surface area contributed by atoms with E-state index in [0.29, 0.717) is 23.7 Å². The van der Waals surface area contributed by atoms with Gasteiger partial charge in [0.15, 0.2) is 17.5 Å². The Morgan fingerprint density at radius 2 is 1.50 bits per heavy atom. The summed E-state index contributed by atoms with van der Waals surface area (Å²) in [6.07, 6.45) is 3.61. The minimum absolute atomic E-state index is 0.0970. The van der Waals surface area contributed by atoms with Crippen molar-refractivity contribution in [2.24, 2.45) is 5.92 Å². The van der Waals surface area contributed by atoms with Gasteiger partial charge in [0.25, 0.3) is 0 Å². The van der Waals surface area contributed by atoms with Crippen molar-refractivity contribution in [3.05, 3.63) is 82.2 Å². The van der Waals surface area contributed by atoms with Crippen molar-refractivity contribution in [1.29, 1.82) is 0 Å². The summed E-state index contributed by atoms with van der Waals surface area (Å²) >= 11 is 0. The fourth-order valence-electron chi connectivity index (χ4n) is 4.36. The number of hydrogen-bond acceptors (Lipinski definition) is 1. The monoisotopic (exact) mass is 444 g/mol. The van der Waals surface area contributed by atoms with Crippen LogP contribution in [0.3, 0.4) is 0 Å². The fraction of sp³-hybridized carbons (Fsp3) is 0.308. The zero-order chi connectivity index (χ0) is 22.8. The van der Waals surface area contributed by atoms with E-state index in [1.54, 1.807) is 7.11 Å². The summed E-state index contributed by atoms with van der Waals surface area (Å²) in [4.78, 5) is 0. The van der Waals surface area contributed by atoms with Gasteiger partial charge in [-0.05, 0) is 78.8 Å². The van der Waals surface area contributed by atoms with Gasteiger partial charge in [0.2, 0.25) is 0 Å². The first-order valence-electron chi connectivity index (χ1n) is 10.4. The summed E-state index contributed by atoms with van der Waals surface area (Å²) in [7, 11) is 1.67. The van der Waals surface area contributed by atoms with E-state index in [-0.39, 0.29) is 22.3 Å². The van der Waals surface area contributed by atoms with Crippen LogP contribution in [0.1, 0.15) is 48.3 Å². The SMILES string of the molecule is COCC1CCC(c2cc(F)c(C#Cc3ccc4c(F)c(F)c(F)cc4c3)c(F)c2)CC1. The predicted octanol–water partition coefficient (Wildman–Crippen LogP) is 6.86. The van der Waals surface area contributed by atoms with Gasteiger partial charge in [0.1, 0.15) is 11.6 Å². The molecule has 1 aliphatic rings. The zero-order valence-corrected chi connectivity index (χ0v) is 17.5. The van der Waals surface area contributed by atoms with Gasteiger partial charge < -0.3 is 4.74 Å². The van der Waals surface area contributed by atoms with E-state index >= 15 is 0 Å². The zero-order valence-electron chi connectivity index (χ0n) is 17.5. The fourth-order valence-corrected chi connectivity index (χ4v) is 4.36. The van der Waals surface area contributed by atoms with Crippen LogP contribution in [-0.2, 0) is 4.74 Å². The van der Waals surface area contributed by atoms with Gasteiger partial charge in [-0.3, -0.25) is 0 Å². The molecule has 0 radical (unpaired) electrons. The van der Waals surface area contributed by atoms with Gasteiger partial charge >= 0.3 is 0 Å². The summed E-state index contributed by atoms with van der Waals surface area (Å²) < 4.78 is 75.2. The third kappa shape index (κ3) is 4.49. The Morgan fingerprint density at radius 1 is 0.812 bits per heavy atom. The van der Waals surface area contributed by atoms with Crippen LogP contribution in [0.5, 0.6) is 0 Å². The number of ether oxygens (including phenoxy) is 1. The maximum atomic E-state index is 14.7. The molecule has 1 fully saturated rings. The lowest BCUT2D eigenvalue weighted by Gasteiger charge is -2.28. The first kappa shape index (κ1) is 22.3. The van der Waals surface area contributed by atoms with E-state index in [1.807, 2.05) is 0 Å². The van der Waals surface area contributed by atoms with E-state index in [9.17, 15) is 22.0 Å². The lowest BCUT2D eigenvalue weighted by atomic mass is 9.79. The Labute approximate surface area is 183 Å². The molecule has 1 aliphatic carbocycles. The van der Waals surface area contributed by atoms with Crippen LogP contribution < -0.4 is 0 Å². The molecule has 0 atom stereocenters. The molecule has 0 bridgehead atoms. The molecule has 1 saturated carbocycles.